The van der Waals surface area contributed by atoms with Crippen LogP contribution in [0, 0.1) is 11.3 Å². The zero-order valence-corrected chi connectivity index (χ0v) is 7.26. The Kier molecular flexibility index (Phi) is 1.37. The molecule has 11 heavy (non-hydrogen) atoms. The highest BCUT2D eigenvalue weighted by atomic mass is 16.5. The van der Waals surface area contributed by atoms with Crippen LogP contribution >= 0.6 is 0 Å². The molecular formula is C9H16O2. The number of rotatable bonds is 0. The Hall–Kier alpha value is -0.0800. The Balaban J connectivity index is 2.13. The minimum Gasteiger partial charge on any atom is -0.389 e. The van der Waals surface area contributed by atoms with E-state index in [1.54, 1.807) is 0 Å². The highest BCUT2D eigenvalue weighted by Crippen LogP contribution is 2.56. The summed E-state index contributed by atoms with van der Waals surface area (Å²) in [4.78, 5) is 0. The maximum atomic E-state index is 9.99. The van der Waals surface area contributed by atoms with E-state index in [0.29, 0.717) is 11.3 Å². The third-order valence-corrected chi connectivity index (χ3v) is 3.32. The van der Waals surface area contributed by atoms with Crippen molar-refractivity contribution in [3.05, 3.63) is 0 Å². The molecular weight excluding hydrogens is 140 g/mol. The normalized spacial score (nSPS) is 47.7. The molecule has 0 bridgehead atoms. The van der Waals surface area contributed by atoms with Crippen molar-refractivity contribution in [2.45, 2.75) is 32.3 Å². The monoisotopic (exact) mass is 156 g/mol. The lowest BCUT2D eigenvalue weighted by Gasteiger charge is -2.59. The fourth-order valence-corrected chi connectivity index (χ4v) is 2.73. The van der Waals surface area contributed by atoms with Crippen LogP contribution in [0.5, 0.6) is 0 Å². The van der Waals surface area contributed by atoms with E-state index in [1.165, 1.54) is 0 Å². The maximum absolute atomic E-state index is 9.99. The highest BCUT2D eigenvalue weighted by Gasteiger charge is 2.58. The summed E-state index contributed by atoms with van der Waals surface area (Å²) in [5.74, 6) is 0.378. The molecule has 0 amide bonds. The van der Waals surface area contributed by atoms with Gasteiger partial charge in [-0.05, 0) is 18.3 Å². The van der Waals surface area contributed by atoms with E-state index in [0.717, 1.165) is 26.1 Å². The molecule has 1 saturated carbocycles. The second-order valence-corrected chi connectivity index (χ2v) is 4.65. The van der Waals surface area contributed by atoms with Crippen LogP contribution in [-0.2, 0) is 4.74 Å². The lowest BCUT2D eigenvalue weighted by atomic mass is 9.51. The van der Waals surface area contributed by atoms with E-state index in [-0.39, 0.29) is 5.60 Å². The Morgan fingerprint density at radius 1 is 1.45 bits per heavy atom. The quantitative estimate of drug-likeness (QED) is 0.570. The van der Waals surface area contributed by atoms with Gasteiger partial charge in [0.15, 0.2) is 0 Å². The second-order valence-electron chi connectivity index (χ2n) is 4.65. The lowest BCUT2D eigenvalue weighted by Crippen LogP contribution is -2.63. The number of ether oxygens (including phenoxy) is 1. The van der Waals surface area contributed by atoms with Crippen molar-refractivity contribution >= 4 is 0 Å². The molecule has 2 fully saturated rings. The second kappa shape index (κ2) is 1.99. The Labute approximate surface area is 67.6 Å². The molecule has 2 aliphatic rings. The zero-order valence-electron chi connectivity index (χ0n) is 7.26. The third-order valence-electron chi connectivity index (χ3n) is 3.32. The largest absolute Gasteiger partial charge is 0.389 e. The van der Waals surface area contributed by atoms with Crippen LogP contribution < -0.4 is 0 Å². The van der Waals surface area contributed by atoms with E-state index in [2.05, 4.69) is 13.8 Å². The fraction of sp³-hybridized carbons (Fsp3) is 1.00. The molecule has 1 heterocycles. The van der Waals surface area contributed by atoms with Crippen LogP contribution in [0.25, 0.3) is 0 Å². The molecule has 0 radical (unpaired) electrons. The van der Waals surface area contributed by atoms with E-state index in [9.17, 15) is 5.11 Å². The molecule has 1 N–H and O–H groups in total. The number of hydrogen-bond acceptors (Lipinski definition) is 2. The number of aliphatic hydroxyl groups is 1. The Morgan fingerprint density at radius 3 is 2.64 bits per heavy atom. The van der Waals surface area contributed by atoms with Crippen molar-refractivity contribution in [2.75, 3.05) is 13.2 Å². The van der Waals surface area contributed by atoms with E-state index in [1.807, 2.05) is 0 Å². The predicted octanol–water partition coefficient (Wildman–Crippen LogP) is 1.18. The first-order chi connectivity index (χ1) is 5.05. The van der Waals surface area contributed by atoms with Gasteiger partial charge in [-0.25, -0.2) is 0 Å². The summed E-state index contributed by atoms with van der Waals surface area (Å²) >= 11 is 0. The van der Waals surface area contributed by atoms with Gasteiger partial charge in [-0.1, -0.05) is 13.8 Å². The minimum atomic E-state index is -0.373. The molecule has 1 aliphatic carbocycles. The van der Waals surface area contributed by atoms with Gasteiger partial charge in [0, 0.05) is 12.5 Å². The molecule has 2 unspecified atom stereocenters. The molecule has 64 valence electrons. The van der Waals surface area contributed by atoms with Crippen LogP contribution in [-0.4, -0.2) is 23.9 Å². The summed E-state index contributed by atoms with van der Waals surface area (Å²) in [6, 6.07) is 0. The number of hydrogen-bond donors (Lipinski definition) is 1. The molecule has 2 heteroatoms. The zero-order chi connectivity index (χ0) is 8.11. The van der Waals surface area contributed by atoms with Crippen molar-refractivity contribution in [3.63, 3.8) is 0 Å². The Bertz CT molecular complexity index is 176. The minimum absolute atomic E-state index is 0.301. The molecule has 2 nitrogen and oxygen atoms in total. The van der Waals surface area contributed by atoms with Crippen molar-refractivity contribution in [3.8, 4) is 0 Å². The molecule has 0 aromatic heterocycles. The van der Waals surface area contributed by atoms with E-state index in [4.69, 9.17) is 4.74 Å². The van der Waals surface area contributed by atoms with Crippen LogP contribution in [0.3, 0.4) is 0 Å². The molecule has 0 spiro atoms. The Morgan fingerprint density at radius 2 is 2.18 bits per heavy atom. The average Bonchev–Trinajstić information content (AvgIpc) is 1.84. The van der Waals surface area contributed by atoms with Gasteiger partial charge in [-0.3, -0.25) is 0 Å². The van der Waals surface area contributed by atoms with Crippen molar-refractivity contribution in [1.82, 2.24) is 0 Å². The molecule has 2 atom stereocenters. The van der Waals surface area contributed by atoms with Gasteiger partial charge >= 0.3 is 0 Å². The van der Waals surface area contributed by atoms with Crippen LogP contribution in [0.2, 0.25) is 0 Å². The van der Waals surface area contributed by atoms with Gasteiger partial charge in [-0.2, -0.15) is 0 Å². The standard InChI is InChI=1S/C9H16O2/c1-8(2)6-9(10)3-4-11-5-7(8)9/h7,10H,3-6H2,1-2H3. The highest BCUT2D eigenvalue weighted by molar-refractivity contribution is 5.08. The summed E-state index contributed by atoms with van der Waals surface area (Å²) in [5, 5.41) is 9.99. The molecule has 2 rings (SSSR count). The van der Waals surface area contributed by atoms with E-state index < -0.39 is 0 Å². The third kappa shape index (κ3) is 0.926. The average molecular weight is 156 g/mol. The van der Waals surface area contributed by atoms with Crippen molar-refractivity contribution in [1.29, 1.82) is 0 Å². The van der Waals surface area contributed by atoms with Crippen molar-refractivity contribution in [2.24, 2.45) is 11.3 Å². The smallest absolute Gasteiger partial charge is 0.0730 e. The SMILES string of the molecule is CC1(C)CC2(O)CCOCC12. The van der Waals surface area contributed by atoms with Crippen molar-refractivity contribution < 1.29 is 9.84 Å². The van der Waals surface area contributed by atoms with Gasteiger partial charge < -0.3 is 9.84 Å². The summed E-state index contributed by atoms with van der Waals surface area (Å²) in [5.41, 5.74) is -0.0725. The molecule has 0 aromatic rings. The summed E-state index contributed by atoms with van der Waals surface area (Å²) in [6.07, 6.45) is 1.79. The molecule has 1 aliphatic heterocycles. The van der Waals surface area contributed by atoms with Gasteiger partial charge in [-0.15, -0.1) is 0 Å². The van der Waals surface area contributed by atoms with Gasteiger partial charge in [0.05, 0.1) is 12.2 Å². The fourth-order valence-electron chi connectivity index (χ4n) is 2.73. The number of fused-ring (bicyclic) bond motifs is 1. The summed E-state index contributed by atoms with van der Waals surface area (Å²) in [7, 11) is 0. The summed E-state index contributed by atoms with van der Waals surface area (Å²) < 4.78 is 5.34. The first-order valence-electron chi connectivity index (χ1n) is 4.35. The maximum Gasteiger partial charge on any atom is 0.0730 e. The van der Waals surface area contributed by atoms with Gasteiger partial charge in [0.1, 0.15) is 0 Å². The van der Waals surface area contributed by atoms with E-state index >= 15 is 0 Å². The first kappa shape index (κ1) is 7.56. The van der Waals surface area contributed by atoms with Gasteiger partial charge in [0.2, 0.25) is 0 Å². The van der Waals surface area contributed by atoms with Crippen LogP contribution in [0.1, 0.15) is 26.7 Å². The van der Waals surface area contributed by atoms with Crippen LogP contribution in [0.15, 0.2) is 0 Å². The topological polar surface area (TPSA) is 29.5 Å². The lowest BCUT2D eigenvalue weighted by molar-refractivity contribution is -0.235. The molecule has 1 saturated heterocycles. The predicted molar refractivity (Wildman–Crippen MR) is 42.3 cm³/mol. The molecule has 0 aromatic carbocycles. The summed E-state index contributed by atoms with van der Waals surface area (Å²) in [6.45, 7) is 5.91. The van der Waals surface area contributed by atoms with Crippen LogP contribution in [0.4, 0.5) is 0 Å². The van der Waals surface area contributed by atoms with Gasteiger partial charge in [0.25, 0.3) is 0 Å². The first-order valence-corrected chi connectivity index (χ1v) is 4.35.